The maximum atomic E-state index is 12.4. The van der Waals surface area contributed by atoms with Crippen molar-refractivity contribution in [2.75, 3.05) is 19.7 Å². The van der Waals surface area contributed by atoms with E-state index in [0.29, 0.717) is 23.9 Å². The third kappa shape index (κ3) is 3.71. The van der Waals surface area contributed by atoms with E-state index in [0.717, 1.165) is 6.42 Å². The quantitative estimate of drug-likeness (QED) is 0.705. The number of H-pyrrole nitrogens is 1. The van der Waals surface area contributed by atoms with Crippen LogP contribution in [0.4, 0.5) is 0 Å². The number of halogens is 1. The summed E-state index contributed by atoms with van der Waals surface area (Å²) in [5.41, 5.74) is 4.95. The molecule has 0 radical (unpaired) electrons. The molecule has 1 N–H and O–H groups in total. The van der Waals surface area contributed by atoms with Crippen LogP contribution in [0, 0.1) is 6.92 Å². The number of benzene rings is 2. The lowest BCUT2D eigenvalue weighted by Crippen LogP contribution is -2.37. The number of rotatable bonds is 4. The van der Waals surface area contributed by atoms with Crippen molar-refractivity contribution in [3.8, 4) is 5.75 Å². The molecule has 1 aliphatic rings. The van der Waals surface area contributed by atoms with Gasteiger partial charge >= 0.3 is 0 Å². The second-order valence-corrected chi connectivity index (χ2v) is 7.20. The van der Waals surface area contributed by atoms with Gasteiger partial charge in [-0.3, -0.25) is 4.79 Å². The summed E-state index contributed by atoms with van der Waals surface area (Å²) in [6.07, 6.45) is 5.06. The molecule has 0 bridgehead atoms. The van der Waals surface area contributed by atoms with Gasteiger partial charge in [-0.2, -0.15) is 0 Å². The minimum atomic E-state index is -0.00461. The number of carbonyl (C=O) groups is 1. The van der Waals surface area contributed by atoms with Crippen LogP contribution in [0.2, 0.25) is 5.02 Å². The summed E-state index contributed by atoms with van der Waals surface area (Å²) in [6, 6.07) is 13.4. The van der Waals surface area contributed by atoms with E-state index in [1.54, 1.807) is 24.3 Å². The summed E-state index contributed by atoms with van der Waals surface area (Å²) in [6.45, 7) is 3.46. The molecule has 4 rings (SSSR count). The molecule has 4 nitrogen and oxygen atoms in total. The Morgan fingerprint density at radius 2 is 2.04 bits per heavy atom. The van der Waals surface area contributed by atoms with E-state index in [1.165, 1.54) is 27.6 Å². The van der Waals surface area contributed by atoms with Gasteiger partial charge in [0.1, 0.15) is 5.75 Å². The number of nitrogens with one attached hydrogen (secondary N) is 1. The summed E-state index contributed by atoms with van der Waals surface area (Å²) >= 11 is 5.86. The highest BCUT2D eigenvalue weighted by Gasteiger charge is 2.20. The molecule has 0 saturated carbocycles. The van der Waals surface area contributed by atoms with Crippen LogP contribution in [0.1, 0.15) is 17.5 Å². The van der Waals surface area contributed by atoms with Gasteiger partial charge in [-0.25, -0.2) is 0 Å². The molecule has 5 heteroatoms. The van der Waals surface area contributed by atoms with Crippen molar-refractivity contribution >= 4 is 34.0 Å². The fourth-order valence-corrected chi connectivity index (χ4v) is 3.61. The first-order chi connectivity index (χ1) is 13.1. The lowest BCUT2D eigenvalue weighted by molar-refractivity contribution is -0.132. The van der Waals surface area contributed by atoms with Gasteiger partial charge in [0, 0.05) is 40.8 Å². The smallest absolute Gasteiger partial charge is 0.260 e. The van der Waals surface area contributed by atoms with Gasteiger partial charge in [-0.15, -0.1) is 0 Å². The monoisotopic (exact) mass is 380 g/mol. The van der Waals surface area contributed by atoms with Crippen molar-refractivity contribution < 1.29 is 9.53 Å². The van der Waals surface area contributed by atoms with Crippen molar-refractivity contribution in [2.24, 2.45) is 0 Å². The molecule has 2 heterocycles. The molecular formula is C22H21ClN2O2. The van der Waals surface area contributed by atoms with E-state index in [2.05, 4.69) is 42.4 Å². The fourth-order valence-electron chi connectivity index (χ4n) is 3.48. The van der Waals surface area contributed by atoms with Gasteiger partial charge < -0.3 is 14.6 Å². The van der Waals surface area contributed by atoms with Crippen molar-refractivity contribution in [3.63, 3.8) is 0 Å². The van der Waals surface area contributed by atoms with Crippen LogP contribution in [0.15, 0.2) is 54.7 Å². The number of hydrogen-bond donors (Lipinski definition) is 1. The second-order valence-electron chi connectivity index (χ2n) is 6.76. The van der Waals surface area contributed by atoms with Crippen LogP contribution in [-0.4, -0.2) is 35.5 Å². The van der Waals surface area contributed by atoms with E-state index in [4.69, 9.17) is 16.3 Å². The Morgan fingerprint density at radius 3 is 2.78 bits per heavy atom. The first kappa shape index (κ1) is 17.7. The molecule has 27 heavy (non-hydrogen) atoms. The van der Waals surface area contributed by atoms with E-state index >= 15 is 0 Å². The van der Waals surface area contributed by atoms with Crippen molar-refractivity contribution in [2.45, 2.75) is 13.3 Å². The molecule has 1 aliphatic heterocycles. The molecule has 0 aliphatic carbocycles. The van der Waals surface area contributed by atoms with Crippen molar-refractivity contribution in [1.29, 1.82) is 0 Å². The number of fused-ring (bicyclic) bond motifs is 1. The lowest BCUT2D eigenvalue weighted by atomic mass is 9.98. The largest absolute Gasteiger partial charge is 0.484 e. The summed E-state index contributed by atoms with van der Waals surface area (Å²) < 4.78 is 5.57. The number of carbonyl (C=O) groups excluding carboxylic acids is 1. The van der Waals surface area contributed by atoms with Gasteiger partial charge in [-0.05, 0) is 48.7 Å². The molecule has 0 fully saturated rings. The Labute approximate surface area is 163 Å². The molecule has 0 spiro atoms. The first-order valence-corrected chi connectivity index (χ1v) is 9.42. The van der Waals surface area contributed by atoms with Crippen LogP contribution in [0.3, 0.4) is 0 Å². The van der Waals surface area contributed by atoms with Crippen LogP contribution in [-0.2, 0) is 4.79 Å². The molecule has 0 unspecified atom stereocenters. The number of hydrogen-bond acceptors (Lipinski definition) is 2. The predicted molar refractivity (Wildman–Crippen MR) is 109 cm³/mol. The third-order valence-electron chi connectivity index (χ3n) is 5.01. The standard InChI is InChI=1S/C22H21ClN2O2/c1-15-3-2-4-19-20(13-24-22(15)19)16-9-11-25(12-10-16)21(26)14-27-18-7-5-17(23)6-8-18/h2-9,13,24H,10-12,14H2,1H3. The van der Waals surface area contributed by atoms with E-state index in [1.807, 2.05) is 4.90 Å². The highest BCUT2D eigenvalue weighted by atomic mass is 35.5. The molecular weight excluding hydrogens is 360 g/mol. The summed E-state index contributed by atoms with van der Waals surface area (Å²) in [5.74, 6) is 0.644. The maximum Gasteiger partial charge on any atom is 0.260 e. The molecule has 3 aromatic rings. The zero-order chi connectivity index (χ0) is 18.8. The van der Waals surface area contributed by atoms with E-state index in [-0.39, 0.29) is 12.5 Å². The Hall–Kier alpha value is -2.72. The van der Waals surface area contributed by atoms with Gasteiger partial charge in [-0.1, -0.05) is 35.9 Å². The van der Waals surface area contributed by atoms with Crippen LogP contribution in [0.25, 0.3) is 16.5 Å². The number of aromatic amines is 1. The van der Waals surface area contributed by atoms with Gasteiger partial charge in [0.05, 0.1) is 0 Å². The number of aryl methyl sites for hydroxylation is 1. The van der Waals surface area contributed by atoms with Crippen LogP contribution >= 0.6 is 11.6 Å². The average Bonchev–Trinajstić information content (AvgIpc) is 3.13. The number of para-hydroxylation sites is 1. The first-order valence-electron chi connectivity index (χ1n) is 9.04. The topological polar surface area (TPSA) is 45.3 Å². The van der Waals surface area contributed by atoms with Crippen LogP contribution < -0.4 is 4.74 Å². The fraction of sp³-hybridized carbons (Fsp3) is 0.227. The van der Waals surface area contributed by atoms with E-state index in [9.17, 15) is 4.79 Å². The Kier molecular flexibility index (Phi) is 4.90. The number of nitrogens with zero attached hydrogens (tertiary/aromatic N) is 1. The van der Waals surface area contributed by atoms with Crippen molar-refractivity contribution in [1.82, 2.24) is 9.88 Å². The zero-order valence-corrected chi connectivity index (χ0v) is 15.9. The maximum absolute atomic E-state index is 12.4. The average molecular weight is 381 g/mol. The summed E-state index contributed by atoms with van der Waals surface area (Å²) in [4.78, 5) is 17.6. The molecule has 0 saturated heterocycles. The number of ether oxygens (including phenoxy) is 1. The minimum Gasteiger partial charge on any atom is -0.484 e. The summed E-state index contributed by atoms with van der Waals surface area (Å²) in [5, 5.41) is 1.89. The van der Waals surface area contributed by atoms with Gasteiger partial charge in [0.25, 0.3) is 5.91 Å². The predicted octanol–water partition coefficient (Wildman–Crippen LogP) is 4.82. The number of aromatic nitrogens is 1. The zero-order valence-electron chi connectivity index (χ0n) is 15.2. The Bertz CT molecular complexity index is 1000. The lowest BCUT2D eigenvalue weighted by Gasteiger charge is -2.26. The Morgan fingerprint density at radius 1 is 1.22 bits per heavy atom. The van der Waals surface area contributed by atoms with E-state index < -0.39 is 0 Å². The van der Waals surface area contributed by atoms with Crippen LogP contribution in [0.5, 0.6) is 5.75 Å². The highest BCUT2D eigenvalue weighted by Crippen LogP contribution is 2.30. The molecule has 138 valence electrons. The molecule has 1 aromatic heterocycles. The number of amides is 1. The van der Waals surface area contributed by atoms with Gasteiger partial charge in [0.15, 0.2) is 6.61 Å². The van der Waals surface area contributed by atoms with Crippen molar-refractivity contribution in [3.05, 3.63) is 70.9 Å². The Balaban J connectivity index is 1.41. The molecule has 1 amide bonds. The summed E-state index contributed by atoms with van der Waals surface area (Å²) in [7, 11) is 0. The minimum absolute atomic E-state index is 0.00461. The highest BCUT2D eigenvalue weighted by molar-refractivity contribution is 6.30. The van der Waals surface area contributed by atoms with Gasteiger partial charge in [0.2, 0.25) is 0 Å². The third-order valence-corrected chi connectivity index (χ3v) is 5.26. The SMILES string of the molecule is Cc1cccc2c(C3=CCN(C(=O)COc4ccc(Cl)cc4)CC3)c[nH]c12. The molecule has 0 atom stereocenters. The molecule has 2 aromatic carbocycles. The second kappa shape index (κ2) is 7.49. The normalized spacial score (nSPS) is 14.3.